The molecule has 0 saturated carbocycles. The Morgan fingerprint density at radius 2 is 1.36 bits per heavy atom. The molecule has 0 heterocycles. The minimum absolute atomic E-state index is 0. The number of aliphatic carboxylic acids is 2. The number of carbonyl (C=O) groups is 3. The molecule has 2 N–H and O–H groups in total. The summed E-state index contributed by atoms with van der Waals surface area (Å²) in [6, 6.07) is 0. The van der Waals surface area contributed by atoms with Gasteiger partial charge in [-0.15, -0.1) is 0 Å². The van der Waals surface area contributed by atoms with Crippen molar-refractivity contribution < 1.29 is 29.3 Å². The predicted octanol–water partition coefficient (Wildman–Crippen LogP) is -2.86. The molecule has 0 aliphatic carbocycles. The number of esters is 1. The van der Waals surface area contributed by atoms with Crippen molar-refractivity contribution in [3.05, 3.63) is 0 Å². The molecule has 0 bridgehead atoms. The third-order valence-electron chi connectivity index (χ3n) is 0.652. The van der Waals surface area contributed by atoms with E-state index in [9.17, 15) is 14.4 Å². The van der Waals surface area contributed by atoms with Crippen molar-refractivity contribution in [2.45, 2.75) is 6.42 Å². The van der Waals surface area contributed by atoms with Gasteiger partial charge in [0.25, 0.3) is 0 Å². The van der Waals surface area contributed by atoms with Crippen LogP contribution in [0.15, 0.2) is 0 Å². The second-order valence-corrected chi connectivity index (χ2v) is 1.62. The molecule has 0 fully saturated rings. The van der Waals surface area contributed by atoms with Gasteiger partial charge in [0.2, 0.25) is 0 Å². The van der Waals surface area contributed by atoms with E-state index >= 15 is 0 Å². The molecule has 0 atom stereocenters. The maximum absolute atomic E-state index is 10.3. The first-order valence-corrected chi connectivity index (χ1v) is 2.61. The topological polar surface area (TPSA) is 101 Å². The zero-order valence-electron chi connectivity index (χ0n) is 5.44. The van der Waals surface area contributed by atoms with Gasteiger partial charge in [0.1, 0.15) is 6.42 Å². The third-order valence-corrected chi connectivity index (χ3v) is 0.652. The zero-order valence-corrected chi connectivity index (χ0v) is 5.44. The molecule has 0 aliphatic rings. The van der Waals surface area contributed by atoms with Crippen molar-refractivity contribution in [1.29, 1.82) is 0 Å². The van der Waals surface area contributed by atoms with Crippen LogP contribution in [-0.2, 0) is 19.1 Å². The van der Waals surface area contributed by atoms with Crippen molar-refractivity contribution in [2.75, 3.05) is 6.61 Å². The Balaban J connectivity index is -0.000000167. The van der Waals surface area contributed by atoms with E-state index in [0.717, 1.165) is 0 Å². The fourth-order valence-corrected chi connectivity index (χ4v) is 0.317. The van der Waals surface area contributed by atoms with Gasteiger partial charge in [-0.1, -0.05) is 0 Å². The summed E-state index contributed by atoms with van der Waals surface area (Å²) in [5, 5.41) is 16.0. The summed E-state index contributed by atoms with van der Waals surface area (Å²) < 4.78 is 3.99. The summed E-state index contributed by atoms with van der Waals surface area (Å²) >= 11 is 0. The molecule has 0 unspecified atom stereocenters. The molecule has 0 amide bonds. The SMILES string of the molecule is O=C(O)COC(=O)CC(=O)O.[NaH].[NaH].[NaH]. The molecule has 14 heavy (non-hydrogen) atoms. The second-order valence-electron chi connectivity index (χ2n) is 1.62. The molecule has 0 rings (SSSR count). The molecule has 0 aliphatic heterocycles. The Morgan fingerprint density at radius 1 is 0.929 bits per heavy atom. The van der Waals surface area contributed by atoms with Gasteiger partial charge in [0.15, 0.2) is 6.61 Å². The van der Waals surface area contributed by atoms with Crippen molar-refractivity contribution in [3.8, 4) is 0 Å². The Hall–Kier alpha value is 1.41. The van der Waals surface area contributed by atoms with Gasteiger partial charge < -0.3 is 14.9 Å². The van der Waals surface area contributed by atoms with Gasteiger partial charge in [0.05, 0.1) is 0 Å². The molecule has 0 saturated heterocycles. The molecule has 9 heteroatoms. The Bertz CT molecular complexity index is 194. The summed E-state index contributed by atoms with van der Waals surface area (Å²) in [7, 11) is 0. The Labute approximate surface area is 147 Å². The van der Waals surface area contributed by atoms with E-state index in [2.05, 4.69) is 4.74 Å². The fourth-order valence-electron chi connectivity index (χ4n) is 0.317. The number of rotatable bonds is 4. The molecule has 0 radical (unpaired) electrons. The van der Waals surface area contributed by atoms with Crippen LogP contribution in [0.2, 0.25) is 0 Å². The Morgan fingerprint density at radius 3 is 1.64 bits per heavy atom. The van der Waals surface area contributed by atoms with Crippen LogP contribution >= 0.6 is 0 Å². The molecule has 68 valence electrons. The maximum atomic E-state index is 10.3. The summed E-state index contributed by atoms with van der Waals surface area (Å²) in [5.41, 5.74) is 0. The minimum atomic E-state index is -1.35. The number of carboxylic acid groups (broad SMARTS) is 2. The van der Waals surface area contributed by atoms with E-state index in [-0.39, 0.29) is 88.7 Å². The standard InChI is InChI=1S/C5H6O6.3Na.3H/c6-3(7)1-5(10)11-2-4(8)9;;;;;;/h1-2H2,(H,6,7)(H,8,9);;;;;;. The quantitative estimate of drug-likeness (QED) is 0.308. The van der Waals surface area contributed by atoms with Crippen molar-refractivity contribution in [2.24, 2.45) is 0 Å². The molecule has 0 aromatic carbocycles. The first kappa shape index (κ1) is 24.6. The number of hydrogen-bond donors (Lipinski definition) is 2. The molecule has 0 aromatic rings. The summed E-state index contributed by atoms with van der Waals surface area (Å²) in [6.07, 6.45) is -0.812. The first-order chi connectivity index (χ1) is 5.02. The van der Waals surface area contributed by atoms with Gasteiger partial charge in [-0.25, -0.2) is 4.79 Å². The monoisotopic (exact) mass is 234 g/mol. The van der Waals surface area contributed by atoms with E-state index in [1.54, 1.807) is 0 Å². The van der Waals surface area contributed by atoms with Crippen LogP contribution in [-0.4, -0.2) is 123 Å². The third kappa shape index (κ3) is 19.1. The van der Waals surface area contributed by atoms with Crippen LogP contribution in [0.3, 0.4) is 0 Å². The van der Waals surface area contributed by atoms with Crippen molar-refractivity contribution >= 4 is 107 Å². The van der Waals surface area contributed by atoms with E-state index < -0.39 is 30.9 Å². The normalized spacial score (nSPS) is 6.86. The van der Waals surface area contributed by atoms with Crippen LogP contribution < -0.4 is 0 Å². The van der Waals surface area contributed by atoms with E-state index in [1.807, 2.05) is 0 Å². The van der Waals surface area contributed by atoms with Crippen LogP contribution in [0.4, 0.5) is 0 Å². The zero-order chi connectivity index (χ0) is 8.85. The summed E-state index contributed by atoms with van der Waals surface area (Å²) in [4.78, 5) is 29.9. The number of carboxylic acids is 2. The van der Waals surface area contributed by atoms with Crippen molar-refractivity contribution in [1.82, 2.24) is 0 Å². The van der Waals surface area contributed by atoms with E-state index in [1.165, 1.54) is 0 Å². The molecular weight excluding hydrogens is 225 g/mol. The first-order valence-electron chi connectivity index (χ1n) is 2.61. The number of hydrogen-bond acceptors (Lipinski definition) is 4. The van der Waals surface area contributed by atoms with Gasteiger partial charge in [-0.3, -0.25) is 9.59 Å². The van der Waals surface area contributed by atoms with Crippen molar-refractivity contribution in [3.63, 3.8) is 0 Å². The van der Waals surface area contributed by atoms with Crippen LogP contribution in [0.1, 0.15) is 6.42 Å². The summed E-state index contributed by atoms with van der Waals surface area (Å²) in [6.45, 7) is -0.799. The predicted molar refractivity (Wildman–Crippen MR) is 52.3 cm³/mol. The van der Waals surface area contributed by atoms with Crippen LogP contribution in [0, 0.1) is 0 Å². The molecule has 0 aromatic heterocycles. The molecular formula is C5H9Na3O6. The van der Waals surface area contributed by atoms with Gasteiger partial charge in [0, 0.05) is 0 Å². The molecule has 6 nitrogen and oxygen atoms in total. The average molecular weight is 234 g/mol. The second kappa shape index (κ2) is 14.4. The van der Waals surface area contributed by atoms with Gasteiger partial charge in [-0.05, 0) is 0 Å². The average Bonchev–Trinajstić information content (AvgIpc) is 1.82. The summed E-state index contributed by atoms with van der Waals surface area (Å²) in [5.74, 6) is -3.72. The van der Waals surface area contributed by atoms with Crippen LogP contribution in [0.25, 0.3) is 0 Å². The van der Waals surface area contributed by atoms with Gasteiger partial charge >= 0.3 is 107 Å². The van der Waals surface area contributed by atoms with Crippen LogP contribution in [0.5, 0.6) is 0 Å². The fraction of sp³-hybridized carbons (Fsp3) is 0.400. The number of ether oxygens (including phenoxy) is 1. The van der Waals surface area contributed by atoms with E-state index in [4.69, 9.17) is 10.2 Å². The molecule has 0 spiro atoms. The number of carbonyl (C=O) groups excluding carboxylic acids is 1. The van der Waals surface area contributed by atoms with E-state index in [0.29, 0.717) is 0 Å². The Kier molecular flexibility index (Phi) is 25.3. The van der Waals surface area contributed by atoms with Gasteiger partial charge in [-0.2, -0.15) is 0 Å².